The van der Waals surface area contributed by atoms with Crippen molar-refractivity contribution in [2.24, 2.45) is 4.99 Å². The quantitative estimate of drug-likeness (QED) is 0.250. The van der Waals surface area contributed by atoms with Gasteiger partial charge < -0.3 is 4.74 Å². The first-order chi connectivity index (χ1) is 11.0. The first-order valence-corrected chi connectivity index (χ1v) is 7.64. The van der Waals surface area contributed by atoms with Crippen LogP contribution in [0.1, 0.15) is 11.1 Å². The number of halogens is 1. The molecule has 1 aliphatic rings. The van der Waals surface area contributed by atoms with E-state index in [1.54, 1.807) is 12.1 Å². The Balaban J connectivity index is 1.97. The molecule has 0 aromatic heterocycles. The van der Waals surface area contributed by atoms with Gasteiger partial charge in [0.25, 0.3) is 5.69 Å². The van der Waals surface area contributed by atoms with Crippen LogP contribution >= 0.6 is 22.6 Å². The molecular formula is C16H9IN2O4. The molecule has 0 atom stereocenters. The van der Waals surface area contributed by atoms with E-state index in [2.05, 4.69) is 27.6 Å². The zero-order chi connectivity index (χ0) is 16.4. The van der Waals surface area contributed by atoms with E-state index in [0.29, 0.717) is 5.56 Å². The molecule has 0 fully saturated rings. The van der Waals surface area contributed by atoms with Gasteiger partial charge in [-0.05, 0) is 46.4 Å². The number of hydrogen-bond acceptors (Lipinski definition) is 5. The van der Waals surface area contributed by atoms with Crippen LogP contribution in [0.2, 0.25) is 0 Å². The lowest BCUT2D eigenvalue weighted by Gasteiger charge is -2.01. The van der Waals surface area contributed by atoms with Gasteiger partial charge in [0.05, 0.1) is 10.5 Å². The highest BCUT2D eigenvalue weighted by atomic mass is 127. The second kappa shape index (κ2) is 6.29. The number of ether oxygens (including phenoxy) is 1. The Morgan fingerprint density at radius 2 is 1.96 bits per heavy atom. The van der Waals surface area contributed by atoms with Gasteiger partial charge in [0.2, 0.25) is 5.90 Å². The molecule has 1 aliphatic heterocycles. The van der Waals surface area contributed by atoms with E-state index in [1.165, 1.54) is 18.2 Å². The summed E-state index contributed by atoms with van der Waals surface area (Å²) in [5, 5.41) is 10.8. The number of carbonyl (C=O) groups excluding carboxylic acids is 1. The molecule has 0 saturated heterocycles. The summed E-state index contributed by atoms with van der Waals surface area (Å²) >= 11 is 2.13. The van der Waals surface area contributed by atoms with Crippen LogP contribution in [0, 0.1) is 13.7 Å². The topological polar surface area (TPSA) is 81.8 Å². The van der Waals surface area contributed by atoms with Crippen LogP contribution in [0.25, 0.3) is 6.08 Å². The number of cyclic esters (lactones) is 1. The molecule has 7 heteroatoms. The second-order valence-electron chi connectivity index (χ2n) is 4.67. The summed E-state index contributed by atoms with van der Waals surface area (Å²) in [4.78, 5) is 26.5. The Labute approximate surface area is 144 Å². The summed E-state index contributed by atoms with van der Waals surface area (Å²) in [6, 6.07) is 13.4. The van der Waals surface area contributed by atoms with Crippen LogP contribution in [-0.2, 0) is 9.53 Å². The van der Waals surface area contributed by atoms with Crippen molar-refractivity contribution >= 4 is 46.2 Å². The first-order valence-electron chi connectivity index (χ1n) is 6.56. The number of nitrogens with zero attached hydrogens (tertiary/aromatic N) is 2. The fourth-order valence-electron chi connectivity index (χ4n) is 2.05. The van der Waals surface area contributed by atoms with E-state index in [-0.39, 0.29) is 17.3 Å². The highest BCUT2D eigenvalue weighted by Crippen LogP contribution is 2.23. The smallest absolute Gasteiger partial charge is 0.363 e. The molecule has 3 rings (SSSR count). The number of nitro benzene ring substituents is 1. The van der Waals surface area contributed by atoms with Gasteiger partial charge in [-0.1, -0.05) is 24.3 Å². The third kappa shape index (κ3) is 3.29. The molecule has 0 bridgehead atoms. The molecule has 0 N–H and O–H groups in total. The van der Waals surface area contributed by atoms with Crippen molar-refractivity contribution in [1.82, 2.24) is 0 Å². The molecule has 23 heavy (non-hydrogen) atoms. The second-order valence-corrected chi connectivity index (χ2v) is 5.83. The van der Waals surface area contributed by atoms with Crippen LogP contribution in [0.4, 0.5) is 5.69 Å². The molecule has 0 saturated carbocycles. The van der Waals surface area contributed by atoms with Crippen molar-refractivity contribution in [1.29, 1.82) is 0 Å². The van der Waals surface area contributed by atoms with Crippen molar-refractivity contribution < 1.29 is 14.5 Å². The molecule has 0 unspecified atom stereocenters. The van der Waals surface area contributed by atoms with Gasteiger partial charge in [0.15, 0.2) is 5.70 Å². The molecule has 0 radical (unpaired) electrons. The van der Waals surface area contributed by atoms with Gasteiger partial charge in [0.1, 0.15) is 0 Å². The van der Waals surface area contributed by atoms with Crippen LogP contribution in [0.3, 0.4) is 0 Å². The highest BCUT2D eigenvalue weighted by Gasteiger charge is 2.25. The predicted molar refractivity (Wildman–Crippen MR) is 92.9 cm³/mol. The van der Waals surface area contributed by atoms with E-state index >= 15 is 0 Å². The number of hydrogen-bond donors (Lipinski definition) is 0. The van der Waals surface area contributed by atoms with Gasteiger partial charge in [-0.25, -0.2) is 9.79 Å². The third-order valence-electron chi connectivity index (χ3n) is 3.11. The normalized spacial score (nSPS) is 15.4. The van der Waals surface area contributed by atoms with E-state index < -0.39 is 10.9 Å². The fourth-order valence-corrected chi connectivity index (χ4v) is 2.66. The summed E-state index contributed by atoms with van der Waals surface area (Å²) in [5.74, 6) is -0.345. The lowest BCUT2D eigenvalue weighted by Crippen LogP contribution is -2.06. The van der Waals surface area contributed by atoms with Gasteiger partial charge in [-0.15, -0.1) is 0 Å². The fraction of sp³-hybridized carbons (Fsp3) is 0. The van der Waals surface area contributed by atoms with Gasteiger partial charge >= 0.3 is 5.97 Å². The Kier molecular flexibility index (Phi) is 4.20. The van der Waals surface area contributed by atoms with E-state index in [0.717, 1.165) is 9.13 Å². The largest absolute Gasteiger partial charge is 0.402 e. The van der Waals surface area contributed by atoms with Crippen molar-refractivity contribution in [2.75, 3.05) is 0 Å². The summed E-state index contributed by atoms with van der Waals surface area (Å²) < 4.78 is 6.11. The number of aliphatic imine (C=N–C) groups is 1. The average Bonchev–Trinajstić information content (AvgIpc) is 2.89. The van der Waals surface area contributed by atoms with Crippen molar-refractivity contribution in [3.63, 3.8) is 0 Å². The third-order valence-corrected chi connectivity index (χ3v) is 4.05. The van der Waals surface area contributed by atoms with Crippen LogP contribution in [0.5, 0.6) is 0 Å². The first kappa shape index (κ1) is 15.3. The number of nitro groups is 1. The van der Waals surface area contributed by atoms with Gasteiger partial charge in [0, 0.05) is 15.7 Å². The van der Waals surface area contributed by atoms with Crippen LogP contribution in [-0.4, -0.2) is 16.8 Å². The van der Waals surface area contributed by atoms with E-state index in [1.807, 2.05) is 24.3 Å². The molecule has 114 valence electrons. The summed E-state index contributed by atoms with van der Waals surface area (Å²) in [6.07, 6.45) is 1.47. The molecule has 0 aliphatic carbocycles. The molecule has 0 amide bonds. The zero-order valence-corrected chi connectivity index (χ0v) is 13.8. The number of benzene rings is 2. The van der Waals surface area contributed by atoms with Crippen LogP contribution in [0.15, 0.2) is 59.2 Å². The van der Waals surface area contributed by atoms with Crippen molar-refractivity contribution in [2.45, 2.75) is 0 Å². The van der Waals surface area contributed by atoms with Crippen molar-refractivity contribution in [3.8, 4) is 0 Å². The van der Waals surface area contributed by atoms with E-state index in [4.69, 9.17) is 4.74 Å². The van der Waals surface area contributed by atoms with Crippen LogP contribution < -0.4 is 0 Å². The van der Waals surface area contributed by atoms with Gasteiger partial charge in [-0.3, -0.25) is 10.1 Å². The average molecular weight is 420 g/mol. The highest BCUT2D eigenvalue weighted by molar-refractivity contribution is 14.1. The molecule has 6 nitrogen and oxygen atoms in total. The molecule has 1 heterocycles. The molecule has 2 aromatic carbocycles. The predicted octanol–water partition coefficient (Wildman–Crippen LogP) is 3.54. The van der Waals surface area contributed by atoms with Gasteiger partial charge in [-0.2, -0.15) is 0 Å². The minimum Gasteiger partial charge on any atom is -0.402 e. The van der Waals surface area contributed by atoms with E-state index in [9.17, 15) is 14.9 Å². The maximum atomic E-state index is 12.0. The Morgan fingerprint density at radius 3 is 2.70 bits per heavy atom. The monoisotopic (exact) mass is 420 g/mol. The minimum atomic E-state index is -0.578. The number of carbonyl (C=O) groups is 1. The molecule has 0 spiro atoms. The lowest BCUT2D eigenvalue weighted by molar-refractivity contribution is -0.384. The van der Waals surface area contributed by atoms with Crippen molar-refractivity contribution in [3.05, 3.63) is 79.0 Å². The Bertz CT molecular complexity index is 874. The molecule has 2 aromatic rings. The maximum Gasteiger partial charge on any atom is 0.363 e. The summed E-state index contributed by atoms with van der Waals surface area (Å²) in [6.45, 7) is 0. The summed E-state index contributed by atoms with van der Waals surface area (Å²) in [7, 11) is 0. The standard InChI is InChI=1S/C16H9IN2O4/c17-13-7-2-1-6-12(13)15-18-14(16(20)23-15)9-10-4-3-5-11(8-10)19(21)22/h1-9H. The zero-order valence-electron chi connectivity index (χ0n) is 11.6. The summed E-state index contributed by atoms with van der Waals surface area (Å²) in [5.41, 5.74) is 1.30. The SMILES string of the molecule is O=C1OC(c2ccccc2I)=NC1=Cc1cccc([N+](=O)[O-])c1. The molecular weight excluding hydrogens is 411 g/mol. The maximum absolute atomic E-state index is 12.0. The number of rotatable bonds is 3. The minimum absolute atomic E-state index is 0.0486. The number of esters is 1. The Hall–Kier alpha value is -2.55. The number of non-ortho nitro benzene ring substituents is 1. The Morgan fingerprint density at radius 1 is 1.17 bits per heavy atom. The lowest BCUT2D eigenvalue weighted by atomic mass is 10.1.